The van der Waals surface area contributed by atoms with Crippen molar-refractivity contribution in [3.05, 3.63) is 52.1 Å². The zero-order valence-electron chi connectivity index (χ0n) is 11.2. The first kappa shape index (κ1) is 15.6. The molecular formula is C15H16Cl2N2S. The van der Waals surface area contributed by atoms with Crippen molar-refractivity contribution >= 4 is 35.0 Å². The first-order chi connectivity index (χ1) is 9.70. The van der Waals surface area contributed by atoms with Crippen molar-refractivity contribution < 1.29 is 0 Å². The van der Waals surface area contributed by atoms with Crippen LogP contribution < -0.4 is 5.32 Å². The van der Waals surface area contributed by atoms with Crippen LogP contribution in [0.4, 0.5) is 0 Å². The van der Waals surface area contributed by atoms with E-state index in [2.05, 4.69) is 23.3 Å². The number of pyridine rings is 1. The van der Waals surface area contributed by atoms with E-state index in [1.165, 1.54) is 0 Å². The fourth-order valence-electron chi connectivity index (χ4n) is 1.73. The molecular weight excluding hydrogens is 311 g/mol. The molecule has 2 aromatic rings. The third-order valence-electron chi connectivity index (χ3n) is 2.72. The number of hydrogen-bond donors (Lipinski definition) is 1. The van der Waals surface area contributed by atoms with Gasteiger partial charge in [-0.2, -0.15) is 0 Å². The van der Waals surface area contributed by atoms with Gasteiger partial charge in [0.05, 0.1) is 5.02 Å². The second kappa shape index (κ2) is 7.89. The minimum Gasteiger partial charge on any atom is -0.313 e. The van der Waals surface area contributed by atoms with Crippen LogP contribution in [0, 0.1) is 0 Å². The first-order valence-corrected chi connectivity index (χ1v) is 8.05. The van der Waals surface area contributed by atoms with Crippen LogP contribution in [0.2, 0.25) is 10.0 Å². The second-order valence-electron chi connectivity index (χ2n) is 4.31. The van der Waals surface area contributed by atoms with E-state index in [0.29, 0.717) is 5.02 Å². The highest BCUT2D eigenvalue weighted by Gasteiger charge is 2.09. The van der Waals surface area contributed by atoms with Gasteiger partial charge in [-0.05, 0) is 42.8 Å². The summed E-state index contributed by atoms with van der Waals surface area (Å²) in [6, 6.07) is 9.71. The molecule has 1 aromatic heterocycles. The molecule has 2 nitrogen and oxygen atoms in total. The van der Waals surface area contributed by atoms with Crippen LogP contribution in [0.15, 0.2) is 46.5 Å². The van der Waals surface area contributed by atoms with Gasteiger partial charge in [-0.15, -0.1) is 0 Å². The summed E-state index contributed by atoms with van der Waals surface area (Å²) in [6.07, 6.45) is 2.76. The van der Waals surface area contributed by atoms with Gasteiger partial charge in [0.1, 0.15) is 5.03 Å². The molecule has 2 rings (SSSR count). The summed E-state index contributed by atoms with van der Waals surface area (Å²) in [5.74, 6) is 0. The van der Waals surface area contributed by atoms with Crippen LogP contribution in [-0.2, 0) is 6.54 Å². The molecule has 0 aliphatic heterocycles. The summed E-state index contributed by atoms with van der Waals surface area (Å²) in [5, 5.41) is 5.73. The van der Waals surface area contributed by atoms with Gasteiger partial charge in [0.25, 0.3) is 0 Å². The third-order valence-corrected chi connectivity index (χ3v) is 4.35. The van der Waals surface area contributed by atoms with Crippen LogP contribution >= 0.6 is 35.0 Å². The Balaban J connectivity index is 2.17. The third kappa shape index (κ3) is 4.38. The average molecular weight is 327 g/mol. The van der Waals surface area contributed by atoms with Gasteiger partial charge in [0.2, 0.25) is 0 Å². The molecule has 0 fully saturated rings. The molecule has 0 saturated carbocycles. The zero-order chi connectivity index (χ0) is 14.4. The summed E-state index contributed by atoms with van der Waals surface area (Å²) >= 11 is 13.8. The van der Waals surface area contributed by atoms with Crippen molar-refractivity contribution in [1.82, 2.24) is 10.3 Å². The molecule has 1 aromatic carbocycles. The SMILES string of the molecule is CCCNCc1c(Cl)cccc1Sc1ccc(Cl)cn1. The number of nitrogens with one attached hydrogen (secondary N) is 1. The number of rotatable bonds is 6. The fraction of sp³-hybridized carbons (Fsp3) is 0.267. The predicted octanol–water partition coefficient (Wildman–Crippen LogP) is 5.04. The Labute approximate surface area is 133 Å². The number of halogens is 2. The minimum atomic E-state index is 0.644. The largest absolute Gasteiger partial charge is 0.313 e. The Kier molecular flexibility index (Phi) is 6.17. The second-order valence-corrected chi connectivity index (χ2v) is 6.22. The number of aromatic nitrogens is 1. The van der Waals surface area contributed by atoms with E-state index < -0.39 is 0 Å². The van der Waals surface area contributed by atoms with Gasteiger partial charge in [-0.3, -0.25) is 0 Å². The number of benzene rings is 1. The standard InChI is InChI=1S/C15H16Cl2N2S/c1-2-8-18-10-12-13(17)4-3-5-14(12)20-15-7-6-11(16)9-19-15/h3-7,9,18H,2,8,10H2,1H3. The lowest BCUT2D eigenvalue weighted by Crippen LogP contribution is -2.14. The Bertz CT molecular complexity index is 558. The number of nitrogens with zero attached hydrogens (tertiary/aromatic N) is 1. The summed E-state index contributed by atoms with van der Waals surface area (Å²) in [5.41, 5.74) is 1.12. The minimum absolute atomic E-state index is 0.644. The maximum absolute atomic E-state index is 6.30. The van der Waals surface area contributed by atoms with Gasteiger partial charge < -0.3 is 5.32 Å². The Hall–Kier alpha value is -0.740. The topological polar surface area (TPSA) is 24.9 Å². The van der Waals surface area contributed by atoms with Crippen molar-refractivity contribution in [2.24, 2.45) is 0 Å². The van der Waals surface area contributed by atoms with Crippen LogP contribution in [0.1, 0.15) is 18.9 Å². The van der Waals surface area contributed by atoms with Gasteiger partial charge in [-0.1, -0.05) is 48.0 Å². The van der Waals surface area contributed by atoms with Crippen LogP contribution in [0.25, 0.3) is 0 Å². The Morgan fingerprint density at radius 1 is 1.20 bits per heavy atom. The molecule has 0 amide bonds. The predicted molar refractivity (Wildman–Crippen MR) is 86.8 cm³/mol. The van der Waals surface area contributed by atoms with Gasteiger partial charge in [-0.25, -0.2) is 4.98 Å². The molecule has 0 aliphatic carbocycles. The fourth-order valence-corrected chi connectivity index (χ4v) is 3.06. The van der Waals surface area contributed by atoms with E-state index >= 15 is 0 Å². The van der Waals surface area contributed by atoms with E-state index in [0.717, 1.165) is 40.0 Å². The lowest BCUT2D eigenvalue weighted by Gasteiger charge is -2.11. The van der Waals surface area contributed by atoms with Crippen molar-refractivity contribution in [2.75, 3.05) is 6.54 Å². The molecule has 0 saturated heterocycles. The normalized spacial score (nSPS) is 10.8. The summed E-state index contributed by atoms with van der Waals surface area (Å²) in [6.45, 7) is 3.89. The highest BCUT2D eigenvalue weighted by atomic mass is 35.5. The first-order valence-electron chi connectivity index (χ1n) is 6.48. The van der Waals surface area contributed by atoms with E-state index in [-0.39, 0.29) is 0 Å². The summed E-state index contributed by atoms with van der Waals surface area (Å²) < 4.78 is 0. The molecule has 0 aliphatic rings. The van der Waals surface area contributed by atoms with Gasteiger partial charge in [0, 0.05) is 22.7 Å². The summed E-state index contributed by atoms with van der Waals surface area (Å²) in [4.78, 5) is 5.43. The quantitative estimate of drug-likeness (QED) is 0.753. The highest BCUT2D eigenvalue weighted by Crippen LogP contribution is 2.33. The monoisotopic (exact) mass is 326 g/mol. The maximum atomic E-state index is 6.30. The van der Waals surface area contributed by atoms with Gasteiger partial charge >= 0.3 is 0 Å². The maximum Gasteiger partial charge on any atom is 0.101 e. The van der Waals surface area contributed by atoms with Crippen molar-refractivity contribution in [1.29, 1.82) is 0 Å². The molecule has 20 heavy (non-hydrogen) atoms. The van der Waals surface area contributed by atoms with E-state index in [9.17, 15) is 0 Å². The van der Waals surface area contributed by atoms with E-state index in [1.807, 2.05) is 24.3 Å². The lowest BCUT2D eigenvalue weighted by atomic mass is 10.2. The van der Waals surface area contributed by atoms with Crippen molar-refractivity contribution in [3.63, 3.8) is 0 Å². The average Bonchev–Trinajstić information content (AvgIpc) is 2.44. The smallest absolute Gasteiger partial charge is 0.101 e. The molecule has 0 spiro atoms. The Morgan fingerprint density at radius 3 is 2.75 bits per heavy atom. The highest BCUT2D eigenvalue weighted by molar-refractivity contribution is 7.99. The zero-order valence-corrected chi connectivity index (χ0v) is 13.5. The lowest BCUT2D eigenvalue weighted by molar-refractivity contribution is 0.669. The number of hydrogen-bond acceptors (Lipinski definition) is 3. The van der Waals surface area contributed by atoms with E-state index in [4.69, 9.17) is 23.2 Å². The van der Waals surface area contributed by atoms with E-state index in [1.54, 1.807) is 18.0 Å². The Morgan fingerprint density at radius 2 is 2.05 bits per heavy atom. The summed E-state index contributed by atoms with van der Waals surface area (Å²) in [7, 11) is 0. The molecule has 0 unspecified atom stereocenters. The van der Waals surface area contributed by atoms with Crippen molar-refractivity contribution in [3.8, 4) is 0 Å². The molecule has 0 atom stereocenters. The molecule has 0 bridgehead atoms. The van der Waals surface area contributed by atoms with Gasteiger partial charge in [0.15, 0.2) is 0 Å². The van der Waals surface area contributed by atoms with Crippen molar-refractivity contribution in [2.45, 2.75) is 29.8 Å². The van der Waals surface area contributed by atoms with Crippen LogP contribution in [0.5, 0.6) is 0 Å². The molecule has 1 heterocycles. The molecule has 0 radical (unpaired) electrons. The molecule has 1 N–H and O–H groups in total. The van der Waals surface area contributed by atoms with Crippen LogP contribution in [0.3, 0.4) is 0 Å². The van der Waals surface area contributed by atoms with Crippen LogP contribution in [-0.4, -0.2) is 11.5 Å². The molecule has 5 heteroatoms. The molecule has 106 valence electrons.